The number of aryl methyl sites for hydroxylation is 1. The fraction of sp³-hybridized carbons (Fsp3) is 0.583. The molecule has 0 aromatic carbocycles. The zero-order valence-corrected chi connectivity index (χ0v) is 9.24. The Labute approximate surface area is 91.1 Å². The molecule has 2 rings (SSSR count). The van der Waals surface area contributed by atoms with Crippen molar-refractivity contribution in [1.82, 2.24) is 10.4 Å². The third-order valence-corrected chi connectivity index (χ3v) is 3.45. The van der Waals surface area contributed by atoms with E-state index in [2.05, 4.69) is 23.4 Å². The Bertz CT molecular complexity index is 318. The number of nitrogens with two attached hydrogens (primary N) is 1. The van der Waals surface area contributed by atoms with Crippen LogP contribution in [0.4, 0.5) is 0 Å². The van der Waals surface area contributed by atoms with Crippen molar-refractivity contribution in [3.8, 4) is 0 Å². The van der Waals surface area contributed by atoms with Crippen LogP contribution in [-0.2, 0) is 0 Å². The van der Waals surface area contributed by atoms with Gasteiger partial charge in [-0.1, -0.05) is 12.8 Å². The third kappa shape index (κ3) is 2.19. The van der Waals surface area contributed by atoms with Gasteiger partial charge in [0.1, 0.15) is 0 Å². The number of nitrogens with one attached hydrogen (secondary N) is 1. The number of hydrogen-bond acceptors (Lipinski definition) is 3. The molecule has 82 valence electrons. The van der Waals surface area contributed by atoms with Crippen LogP contribution in [0.15, 0.2) is 18.5 Å². The lowest BCUT2D eigenvalue weighted by molar-refractivity contribution is 0.372. The largest absolute Gasteiger partial charge is 0.271 e. The van der Waals surface area contributed by atoms with Crippen molar-refractivity contribution < 1.29 is 0 Å². The molecule has 0 aliphatic heterocycles. The van der Waals surface area contributed by atoms with Crippen molar-refractivity contribution in [2.75, 3.05) is 0 Å². The molecule has 1 heterocycles. The Kier molecular flexibility index (Phi) is 3.34. The number of aromatic nitrogens is 1. The summed E-state index contributed by atoms with van der Waals surface area (Å²) in [7, 11) is 0. The molecule has 1 atom stereocenters. The van der Waals surface area contributed by atoms with Gasteiger partial charge in [0, 0.05) is 18.4 Å². The van der Waals surface area contributed by atoms with Crippen molar-refractivity contribution in [2.45, 2.75) is 38.6 Å². The molecule has 1 aliphatic carbocycles. The monoisotopic (exact) mass is 205 g/mol. The third-order valence-electron chi connectivity index (χ3n) is 3.45. The first-order valence-electron chi connectivity index (χ1n) is 5.69. The number of nitrogens with zero attached hydrogens (tertiary/aromatic N) is 1. The first-order valence-corrected chi connectivity index (χ1v) is 5.69. The number of hydrazine groups is 1. The highest BCUT2D eigenvalue weighted by molar-refractivity contribution is 5.26. The second kappa shape index (κ2) is 4.73. The van der Waals surface area contributed by atoms with E-state index in [1.54, 1.807) is 0 Å². The highest BCUT2D eigenvalue weighted by atomic mass is 15.2. The summed E-state index contributed by atoms with van der Waals surface area (Å²) < 4.78 is 0. The van der Waals surface area contributed by atoms with Gasteiger partial charge in [-0.15, -0.1) is 0 Å². The molecule has 15 heavy (non-hydrogen) atoms. The molecule has 1 fully saturated rings. The van der Waals surface area contributed by atoms with E-state index in [4.69, 9.17) is 5.84 Å². The average Bonchev–Trinajstić information content (AvgIpc) is 2.75. The van der Waals surface area contributed by atoms with E-state index in [0.29, 0.717) is 12.0 Å². The first kappa shape index (κ1) is 10.6. The van der Waals surface area contributed by atoms with Crippen LogP contribution < -0.4 is 11.3 Å². The van der Waals surface area contributed by atoms with Crippen LogP contribution in [0.25, 0.3) is 0 Å². The molecule has 1 aliphatic rings. The van der Waals surface area contributed by atoms with E-state index in [0.717, 1.165) is 0 Å². The quantitative estimate of drug-likeness (QED) is 0.587. The zero-order valence-electron chi connectivity index (χ0n) is 9.24. The summed E-state index contributed by atoms with van der Waals surface area (Å²) >= 11 is 0. The number of hydrogen-bond donors (Lipinski definition) is 2. The summed E-state index contributed by atoms with van der Waals surface area (Å²) in [6, 6.07) is 2.38. The Morgan fingerprint density at radius 3 is 2.80 bits per heavy atom. The van der Waals surface area contributed by atoms with E-state index < -0.39 is 0 Å². The van der Waals surface area contributed by atoms with Gasteiger partial charge in [-0.25, -0.2) is 0 Å². The van der Waals surface area contributed by atoms with Crippen molar-refractivity contribution >= 4 is 0 Å². The van der Waals surface area contributed by atoms with Crippen molar-refractivity contribution in [1.29, 1.82) is 0 Å². The van der Waals surface area contributed by atoms with Crippen LogP contribution in [0, 0.1) is 12.8 Å². The maximum absolute atomic E-state index is 5.68. The highest BCUT2D eigenvalue weighted by Crippen LogP contribution is 2.35. The van der Waals surface area contributed by atoms with E-state index in [9.17, 15) is 0 Å². The highest BCUT2D eigenvalue weighted by Gasteiger charge is 2.26. The predicted octanol–water partition coefficient (Wildman–Crippen LogP) is 2.08. The summed E-state index contributed by atoms with van der Waals surface area (Å²) in [4.78, 5) is 4.12. The Hall–Kier alpha value is -0.930. The van der Waals surface area contributed by atoms with Crippen LogP contribution in [0.1, 0.15) is 42.9 Å². The first-order chi connectivity index (χ1) is 7.33. The SMILES string of the molecule is Cc1cnccc1C(NN)C1CCCC1. The molecule has 1 aromatic heterocycles. The van der Waals surface area contributed by atoms with Gasteiger partial charge in [-0.05, 0) is 42.9 Å². The van der Waals surface area contributed by atoms with Crippen molar-refractivity contribution in [3.63, 3.8) is 0 Å². The van der Waals surface area contributed by atoms with E-state index in [1.165, 1.54) is 36.8 Å². The van der Waals surface area contributed by atoms with Gasteiger partial charge < -0.3 is 0 Å². The predicted molar refractivity (Wildman–Crippen MR) is 61.0 cm³/mol. The molecule has 0 spiro atoms. The minimum Gasteiger partial charge on any atom is -0.271 e. The zero-order chi connectivity index (χ0) is 10.7. The average molecular weight is 205 g/mol. The summed E-state index contributed by atoms with van der Waals surface area (Å²) in [6.07, 6.45) is 9.02. The molecule has 1 aromatic rings. The lowest BCUT2D eigenvalue weighted by Crippen LogP contribution is -2.33. The Morgan fingerprint density at radius 2 is 2.20 bits per heavy atom. The maximum Gasteiger partial charge on any atom is 0.0491 e. The molecule has 3 N–H and O–H groups in total. The Morgan fingerprint density at radius 1 is 1.47 bits per heavy atom. The molecule has 1 unspecified atom stereocenters. The summed E-state index contributed by atoms with van der Waals surface area (Å²) in [6.45, 7) is 2.10. The number of rotatable bonds is 3. The van der Waals surface area contributed by atoms with Gasteiger partial charge in [0.15, 0.2) is 0 Å². The molecular formula is C12H19N3. The maximum atomic E-state index is 5.68. The minimum absolute atomic E-state index is 0.301. The molecule has 0 bridgehead atoms. The van der Waals surface area contributed by atoms with Gasteiger partial charge >= 0.3 is 0 Å². The lowest BCUT2D eigenvalue weighted by Gasteiger charge is -2.24. The smallest absolute Gasteiger partial charge is 0.0491 e. The summed E-state index contributed by atoms with van der Waals surface area (Å²) in [5.74, 6) is 6.37. The fourth-order valence-corrected chi connectivity index (χ4v) is 2.60. The van der Waals surface area contributed by atoms with Gasteiger partial charge in [-0.2, -0.15) is 0 Å². The van der Waals surface area contributed by atoms with E-state index in [-0.39, 0.29) is 0 Å². The van der Waals surface area contributed by atoms with Crippen molar-refractivity contribution in [3.05, 3.63) is 29.6 Å². The molecule has 0 radical (unpaired) electrons. The topological polar surface area (TPSA) is 50.9 Å². The van der Waals surface area contributed by atoms with Crippen LogP contribution in [-0.4, -0.2) is 4.98 Å². The molecule has 0 saturated heterocycles. The van der Waals surface area contributed by atoms with Gasteiger partial charge in [0.25, 0.3) is 0 Å². The second-order valence-corrected chi connectivity index (χ2v) is 4.42. The van der Waals surface area contributed by atoms with E-state index in [1.807, 2.05) is 12.4 Å². The van der Waals surface area contributed by atoms with Gasteiger partial charge in [0.05, 0.1) is 0 Å². The normalized spacial score (nSPS) is 19.3. The van der Waals surface area contributed by atoms with Crippen LogP contribution >= 0.6 is 0 Å². The van der Waals surface area contributed by atoms with Crippen molar-refractivity contribution in [2.24, 2.45) is 11.8 Å². The molecule has 3 heteroatoms. The fourth-order valence-electron chi connectivity index (χ4n) is 2.60. The van der Waals surface area contributed by atoms with E-state index >= 15 is 0 Å². The van der Waals surface area contributed by atoms with Crippen LogP contribution in [0.3, 0.4) is 0 Å². The Balaban J connectivity index is 2.22. The summed E-state index contributed by atoms with van der Waals surface area (Å²) in [5, 5.41) is 0. The minimum atomic E-state index is 0.301. The lowest BCUT2D eigenvalue weighted by atomic mass is 9.90. The molecule has 3 nitrogen and oxygen atoms in total. The molecule has 0 amide bonds. The standard InChI is InChI=1S/C12H19N3/c1-9-8-14-7-6-11(9)12(15-13)10-4-2-3-5-10/h6-8,10,12,15H,2-5,13H2,1H3. The van der Waals surface area contributed by atoms with Crippen LogP contribution in [0.5, 0.6) is 0 Å². The van der Waals surface area contributed by atoms with Crippen LogP contribution in [0.2, 0.25) is 0 Å². The summed E-state index contributed by atoms with van der Waals surface area (Å²) in [5.41, 5.74) is 5.51. The second-order valence-electron chi connectivity index (χ2n) is 4.42. The number of pyridine rings is 1. The van der Waals surface area contributed by atoms with Gasteiger partial charge in [-0.3, -0.25) is 16.3 Å². The van der Waals surface area contributed by atoms with Gasteiger partial charge in [0.2, 0.25) is 0 Å². The molecule has 1 saturated carbocycles. The molecular weight excluding hydrogens is 186 g/mol.